The summed E-state index contributed by atoms with van der Waals surface area (Å²) in [6.45, 7) is 4.42. The fraction of sp³-hybridized carbons (Fsp3) is 0.231. The first-order chi connectivity index (χ1) is 15.9. The predicted octanol–water partition coefficient (Wildman–Crippen LogP) is 4.79. The van der Waals surface area contributed by atoms with Crippen molar-refractivity contribution in [3.05, 3.63) is 94.7 Å². The second-order valence-corrected chi connectivity index (χ2v) is 7.80. The van der Waals surface area contributed by atoms with Gasteiger partial charge >= 0.3 is 0 Å². The summed E-state index contributed by atoms with van der Waals surface area (Å²) < 4.78 is 24.3. The number of rotatable bonds is 7. The Kier molecular flexibility index (Phi) is 6.31. The lowest BCUT2D eigenvalue weighted by Crippen LogP contribution is -2.31. The van der Waals surface area contributed by atoms with E-state index in [1.165, 1.54) is 23.3 Å². The smallest absolute Gasteiger partial charge is 0.295 e. The molecule has 0 aliphatic carbocycles. The van der Waals surface area contributed by atoms with Gasteiger partial charge in [-0.15, -0.1) is 0 Å². The summed E-state index contributed by atoms with van der Waals surface area (Å²) in [5.74, 6) is -1.07. The van der Waals surface area contributed by atoms with E-state index in [2.05, 4.69) is 0 Å². The second-order valence-electron chi connectivity index (χ2n) is 7.80. The molecule has 1 atom stereocenters. The highest BCUT2D eigenvalue weighted by atomic mass is 19.1. The zero-order valence-electron chi connectivity index (χ0n) is 18.4. The number of ketones is 1. The Bertz CT molecular complexity index is 1200. The van der Waals surface area contributed by atoms with Crippen molar-refractivity contribution in [1.82, 2.24) is 4.90 Å². The van der Waals surface area contributed by atoms with Gasteiger partial charge in [-0.3, -0.25) is 9.59 Å². The van der Waals surface area contributed by atoms with Crippen LogP contribution >= 0.6 is 0 Å². The minimum atomic E-state index is -0.868. The van der Waals surface area contributed by atoms with Gasteiger partial charge in [0.15, 0.2) is 0 Å². The lowest BCUT2D eigenvalue weighted by molar-refractivity contribution is -0.140. The van der Waals surface area contributed by atoms with E-state index in [0.717, 1.165) is 11.1 Å². The molecular formula is C26H24FNO5. The van der Waals surface area contributed by atoms with Crippen LogP contribution in [-0.4, -0.2) is 34.8 Å². The van der Waals surface area contributed by atoms with Gasteiger partial charge < -0.3 is 19.2 Å². The molecule has 4 rings (SSSR count). The van der Waals surface area contributed by atoms with E-state index in [4.69, 9.17) is 9.15 Å². The van der Waals surface area contributed by atoms with Gasteiger partial charge in [0.05, 0.1) is 18.4 Å². The minimum Gasteiger partial charge on any atom is -0.507 e. The van der Waals surface area contributed by atoms with E-state index in [0.29, 0.717) is 30.1 Å². The number of hydrogen-bond donors (Lipinski definition) is 1. The van der Waals surface area contributed by atoms with Crippen LogP contribution in [-0.2, 0) is 16.0 Å². The Labute approximate surface area is 190 Å². The van der Waals surface area contributed by atoms with Gasteiger partial charge in [-0.1, -0.05) is 12.1 Å². The molecular weight excluding hydrogens is 425 g/mol. The molecule has 33 heavy (non-hydrogen) atoms. The number of carbonyl (C=O) groups excluding carboxylic acids is 2. The van der Waals surface area contributed by atoms with Crippen molar-refractivity contribution in [2.75, 3.05) is 13.2 Å². The predicted molar refractivity (Wildman–Crippen MR) is 120 cm³/mol. The normalized spacial score (nSPS) is 17.5. The number of aliphatic hydroxyl groups excluding tert-OH is 1. The first kappa shape index (κ1) is 22.3. The van der Waals surface area contributed by atoms with Crippen LogP contribution in [0.4, 0.5) is 4.39 Å². The molecule has 3 aromatic rings. The van der Waals surface area contributed by atoms with Crippen molar-refractivity contribution < 1.29 is 28.2 Å². The largest absolute Gasteiger partial charge is 0.507 e. The Hall–Kier alpha value is -3.87. The molecule has 1 aliphatic heterocycles. The molecule has 2 heterocycles. The van der Waals surface area contributed by atoms with Crippen LogP contribution in [0.1, 0.15) is 35.4 Å². The number of aryl methyl sites for hydroxylation is 1. The molecule has 0 saturated carbocycles. The fourth-order valence-electron chi connectivity index (χ4n) is 4.02. The van der Waals surface area contributed by atoms with E-state index < -0.39 is 17.7 Å². The van der Waals surface area contributed by atoms with Gasteiger partial charge in [-0.05, 0) is 73.9 Å². The Balaban J connectivity index is 1.72. The number of likely N-dealkylation sites (tertiary alicyclic amines) is 1. The van der Waals surface area contributed by atoms with Crippen LogP contribution in [0, 0.1) is 12.7 Å². The maximum absolute atomic E-state index is 13.2. The zero-order valence-corrected chi connectivity index (χ0v) is 18.4. The van der Waals surface area contributed by atoms with E-state index in [-0.39, 0.29) is 23.7 Å². The van der Waals surface area contributed by atoms with Gasteiger partial charge in [0.1, 0.15) is 29.1 Å². The van der Waals surface area contributed by atoms with Gasteiger partial charge in [0, 0.05) is 12.1 Å². The highest BCUT2D eigenvalue weighted by Crippen LogP contribution is 2.40. The standard InChI is InChI=1S/C26H24FNO5/c1-3-32-20-11-8-18(15-16(20)2)24(29)22-23(21-5-4-14-33-21)28(26(31)25(22)30)13-12-17-6-9-19(27)10-7-17/h4-11,14-15,23,29H,3,12-13H2,1-2H3/b24-22-. The van der Waals surface area contributed by atoms with Gasteiger partial charge in [-0.25, -0.2) is 4.39 Å². The molecule has 0 spiro atoms. The molecule has 1 unspecified atom stereocenters. The molecule has 1 aromatic heterocycles. The summed E-state index contributed by atoms with van der Waals surface area (Å²) in [4.78, 5) is 27.4. The van der Waals surface area contributed by atoms with Crippen molar-refractivity contribution in [3.63, 3.8) is 0 Å². The minimum absolute atomic E-state index is 0.0300. The van der Waals surface area contributed by atoms with Crippen LogP contribution in [0.15, 0.2) is 70.9 Å². The van der Waals surface area contributed by atoms with E-state index in [9.17, 15) is 19.1 Å². The topological polar surface area (TPSA) is 80.0 Å². The number of nitrogens with zero attached hydrogens (tertiary/aromatic N) is 1. The van der Waals surface area contributed by atoms with Crippen LogP contribution < -0.4 is 4.74 Å². The second kappa shape index (κ2) is 9.32. The summed E-state index contributed by atoms with van der Waals surface area (Å²) in [7, 11) is 0. The summed E-state index contributed by atoms with van der Waals surface area (Å²) in [6.07, 6.45) is 1.86. The third kappa shape index (κ3) is 4.39. The molecule has 2 aromatic carbocycles. The number of furan rings is 1. The van der Waals surface area contributed by atoms with Crippen molar-refractivity contribution >= 4 is 17.4 Å². The molecule has 170 valence electrons. The lowest BCUT2D eigenvalue weighted by atomic mass is 9.98. The van der Waals surface area contributed by atoms with Crippen molar-refractivity contribution in [2.24, 2.45) is 0 Å². The molecule has 1 fully saturated rings. The maximum Gasteiger partial charge on any atom is 0.295 e. The summed E-state index contributed by atoms with van der Waals surface area (Å²) >= 11 is 0. The highest BCUT2D eigenvalue weighted by molar-refractivity contribution is 6.46. The number of Topliss-reactive ketones (excluding diaryl/α,β-unsaturated/α-hetero) is 1. The Morgan fingerprint density at radius 3 is 2.55 bits per heavy atom. The van der Waals surface area contributed by atoms with Crippen LogP contribution in [0.5, 0.6) is 5.75 Å². The number of ether oxygens (including phenoxy) is 1. The highest BCUT2D eigenvalue weighted by Gasteiger charge is 2.47. The number of aliphatic hydroxyl groups is 1. The molecule has 0 bridgehead atoms. The number of carbonyl (C=O) groups is 2. The number of amides is 1. The summed E-state index contributed by atoms with van der Waals surface area (Å²) in [6, 6.07) is 13.5. The van der Waals surface area contributed by atoms with Crippen LogP contribution in [0.3, 0.4) is 0 Å². The molecule has 6 nitrogen and oxygen atoms in total. The van der Waals surface area contributed by atoms with E-state index in [1.54, 1.807) is 42.5 Å². The van der Waals surface area contributed by atoms with Crippen molar-refractivity contribution in [2.45, 2.75) is 26.3 Å². The SMILES string of the molecule is CCOc1ccc(/C(O)=C2/C(=O)C(=O)N(CCc3ccc(F)cc3)C2c2ccco2)cc1C. The fourth-order valence-corrected chi connectivity index (χ4v) is 4.02. The zero-order chi connectivity index (χ0) is 23.5. The third-order valence-corrected chi connectivity index (χ3v) is 5.66. The van der Waals surface area contributed by atoms with E-state index in [1.807, 2.05) is 13.8 Å². The molecule has 0 radical (unpaired) electrons. The average Bonchev–Trinajstić information content (AvgIpc) is 3.42. The van der Waals surface area contributed by atoms with Crippen molar-refractivity contribution in [1.29, 1.82) is 0 Å². The third-order valence-electron chi connectivity index (χ3n) is 5.66. The summed E-state index contributed by atoms with van der Waals surface area (Å²) in [5, 5.41) is 11.1. The maximum atomic E-state index is 13.2. The Morgan fingerprint density at radius 2 is 1.91 bits per heavy atom. The van der Waals surface area contributed by atoms with Crippen LogP contribution in [0.25, 0.3) is 5.76 Å². The van der Waals surface area contributed by atoms with E-state index >= 15 is 0 Å². The number of benzene rings is 2. The molecule has 1 amide bonds. The molecule has 1 saturated heterocycles. The first-order valence-corrected chi connectivity index (χ1v) is 10.7. The van der Waals surface area contributed by atoms with Gasteiger partial charge in [0.25, 0.3) is 11.7 Å². The van der Waals surface area contributed by atoms with Crippen LogP contribution in [0.2, 0.25) is 0 Å². The average molecular weight is 449 g/mol. The summed E-state index contributed by atoms with van der Waals surface area (Å²) in [5.41, 5.74) is 1.99. The quantitative estimate of drug-likeness (QED) is 0.319. The number of halogens is 1. The molecule has 1 N–H and O–H groups in total. The molecule has 1 aliphatic rings. The lowest BCUT2D eigenvalue weighted by Gasteiger charge is -2.23. The monoisotopic (exact) mass is 449 g/mol. The Morgan fingerprint density at radius 1 is 1.15 bits per heavy atom. The van der Waals surface area contributed by atoms with Crippen molar-refractivity contribution in [3.8, 4) is 5.75 Å². The van der Waals surface area contributed by atoms with Gasteiger partial charge in [0.2, 0.25) is 0 Å². The first-order valence-electron chi connectivity index (χ1n) is 10.7. The molecule has 7 heteroatoms. The number of hydrogen-bond acceptors (Lipinski definition) is 5. The van der Waals surface area contributed by atoms with Gasteiger partial charge in [-0.2, -0.15) is 0 Å².